The smallest absolute Gasteiger partial charge is 0.324 e. The van der Waals surface area contributed by atoms with E-state index in [2.05, 4.69) is 0 Å². The predicted octanol–water partition coefficient (Wildman–Crippen LogP) is 0.589. The number of hydrogen-bond donors (Lipinski definition) is 1. The third-order valence-corrected chi connectivity index (χ3v) is 3.29. The highest BCUT2D eigenvalue weighted by atomic mass is 16.5. The van der Waals surface area contributed by atoms with Crippen LogP contribution in [0.2, 0.25) is 0 Å². The van der Waals surface area contributed by atoms with Crippen molar-refractivity contribution in [3.05, 3.63) is 0 Å². The van der Waals surface area contributed by atoms with Crippen LogP contribution in [0.15, 0.2) is 0 Å². The fourth-order valence-corrected chi connectivity index (χ4v) is 2.13. The normalized spacial score (nSPS) is 19.9. The zero-order valence-electron chi connectivity index (χ0n) is 10.1. The Morgan fingerprint density at radius 1 is 1.50 bits per heavy atom. The van der Waals surface area contributed by atoms with Gasteiger partial charge >= 0.3 is 5.97 Å². The summed E-state index contributed by atoms with van der Waals surface area (Å²) in [6, 6.07) is 0. The van der Waals surface area contributed by atoms with Crippen LogP contribution in [0, 0.1) is 0 Å². The lowest BCUT2D eigenvalue weighted by Gasteiger charge is -2.40. The lowest BCUT2D eigenvalue weighted by molar-refractivity contribution is -0.157. The van der Waals surface area contributed by atoms with Crippen molar-refractivity contribution in [1.82, 2.24) is 4.90 Å². The van der Waals surface area contributed by atoms with Gasteiger partial charge in [0, 0.05) is 33.5 Å². The van der Waals surface area contributed by atoms with Crippen LogP contribution in [0.25, 0.3) is 0 Å². The fourth-order valence-electron chi connectivity index (χ4n) is 2.13. The summed E-state index contributed by atoms with van der Waals surface area (Å²) in [5.74, 6) is -0.740. The lowest BCUT2D eigenvalue weighted by Crippen LogP contribution is -2.56. The van der Waals surface area contributed by atoms with Gasteiger partial charge in [0.05, 0.1) is 0 Å². The third kappa shape index (κ3) is 2.93. The molecular weight excluding hydrogens is 210 g/mol. The van der Waals surface area contributed by atoms with Crippen LogP contribution in [0.3, 0.4) is 0 Å². The molecule has 0 amide bonds. The van der Waals surface area contributed by atoms with E-state index in [0.717, 1.165) is 13.0 Å². The number of carbonyl (C=O) groups is 1. The molecule has 0 atom stereocenters. The average Bonchev–Trinajstić information content (AvgIpc) is 2.30. The van der Waals surface area contributed by atoms with E-state index >= 15 is 0 Å². The molecule has 1 heterocycles. The molecule has 5 nitrogen and oxygen atoms in total. The number of carboxylic acid groups (broad SMARTS) is 1. The van der Waals surface area contributed by atoms with Gasteiger partial charge in [-0.15, -0.1) is 0 Å². The van der Waals surface area contributed by atoms with Gasteiger partial charge in [-0.2, -0.15) is 0 Å². The predicted molar refractivity (Wildman–Crippen MR) is 59.5 cm³/mol. The molecule has 0 aliphatic carbocycles. The number of ether oxygens (including phenoxy) is 2. The minimum Gasteiger partial charge on any atom is -0.480 e. The summed E-state index contributed by atoms with van der Waals surface area (Å²) >= 11 is 0. The van der Waals surface area contributed by atoms with Crippen LogP contribution in [-0.2, 0) is 14.3 Å². The number of aliphatic carboxylic acids is 1. The Balaban J connectivity index is 2.57. The van der Waals surface area contributed by atoms with Crippen LogP contribution in [0.4, 0.5) is 0 Å². The summed E-state index contributed by atoms with van der Waals surface area (Å²) in [5, 5.41) is 9.39. The van der Waals surface area contributed by atoms with E-state index in [4.69, 9.17) is 9.47 Å². The number of hydrogen-bond acceptors (Lipinski definition) is 4. The van der Waals surface area contributed by atoms with Crippen molar-refractivity contribution in [3.8, 4) is 0 Å². The van der Waals surface area contributed by atoms with E-state index in [9.17, 15) is 9.90 Å². The molecule has 0 spiro atoms. The van der Waals surface area contributed by atoms with Gasteiger partial charge in [0.15, 0.2) is 0 Å². The van der Waals surface area contributed by atoms with Crippen molar-refractivity contribution in [2.75, 3.05) is 40.5 Å². The molecule has 0 aromatic heterocycles. The van der Waals surface area contributed by atoms with E-state index in [1.54, 1.807) is 7.11 Å². The Labute approximate surface area is 96.3 Å². The van der Waals surface area contributed by atoms with Crippen LogP contribution < -0.4 is 0 Å². The molecule has 94 valence electrons. The van der Waals surface area contributed by atoms with Gasteiger partial charge in [0.2, 0.25) is 0 Å². The van der Waals surface area contributed by atoms with Crippen LogP contribution in [0.5, 0.6) is 0 Å². The highest BCUT2D eigenvalue weighted by Gasteiger charge is 2.43. The van der Waals surface area contributed by atoms with Crippen LogP contribution >= 0.6 is 0 Å². The molecule has 16 heavy (non-hydrogen) atoms. The summed E-state index contributed by atoms with van der Waals surface area (Å²) in [5.41, 5.74) is -0.744. The number of nitrogens with zero attached hydrogens (tertiary/aromatic N) is 1. The largest absolute Gasteiger partial charge is 0.480 e. The van der Waals surface area contributed by atoms with Gasteiger partial charge in [-0.1, -0.05) is 0 Å². The molecule has 1 aliphatic heterocycles. The Kier molecular flexibility index (Phi) is 5.18. The lowest BCUT2D eigenvalue weighted by atomic mass is 9.88. The molecule has 1 N–H and O–H groups in total. The van der Waals surface area contributed by atoms with Gasteiger partial charge < -0.3 is 14.6 Å². The van der Waals surface area contributed by atoms with E-state index in [-0.39, 0.29) is 0 Å². The first kappa shape index (κ1) is 13.4. The van der Waals surface area contributed by atoms with Gasteiger partial charge in [0.1, 0.15) is 5.54 Å². The van der Waals surface area contributed by atoms with Crippen molar-refractivity contribution >= 4 is 5.97 Å². The summed E-state index contributed by atoms with van der Waals surface area (Å²) in [4.78, 5) is 13.3. The summed E-state index contributed by atoms with van der Waals surface area (Å²) in [7, 11) is 3.52. The Bertz CT molecular complexity index is 226. The highest BCUT2D eigenvalue weighted by Crippen LogP contribution is 2.27. The van der Waals surface area contributed by atoms with E-state index in [0.29, 0.717) is 32.7 Å². The van der Waals surface area contributed by atoms with Crippen LogP contribution in [-0.4, -0.2) is 62.0 Å². The molecule has 1 rings (SSSR count). The first-order valence-electron chi connectivity index (χ1n) is 5.65. The quantitative estimate of drug-likeness (QED) is 0.678. The van der Waals surface area contributed by atoms with Crippen molar-refractivity contribution < 1.29 is 19.4 Å². The molecule has 0 bridgehead atoms. The van der Waals surface area contributed by atoms with E-state index in [1.807, 2.05) is 11.9 Å². The topological polar surface area (TPSA) is 59.0 Å². The molecular formula is C11H21NO4. The molecule has 1 saturated heterocycles. The second-order valence-corrected chi connectivity index (χ2v) is 4.22. The first-order valence-corrected chi connectivity index (χ1v) is 5.65. The van der Waals surface area contributed by atoms with Crippen molar-refractivity contribution in [2.24, 2.45) is 0 Å². The van der Waals surface area contributed by atoms with Crippen molar-refractivity contribution in [1.29, 1.82) is 0 Å². The zero-order chi connectivity index (χ0) is 12.0. The number of carboxylic acids is 1. The molecule has 5 heteroatoms. The van der Waals surface area contributed by atoms with Crippen molar-refractivity contribution in [2.45, 2.75) is 24.8 Å². The minimum atomic E-state index is -0.744. The van der Waals surface area contributed by atoms with Gasteiger partial charge in [-0.25, -0.2) is 0 Å². The maximum atomic E-state index is 11.4. The monoisotopic (exact) mass is 231 g/mol. The Morgan fingerprint density at radius 2 is 2.12 bits per heavy atom. The standard InChI is InChI=1S/C11H21NO4/c1-12(6-3-7-15-2)11(10(13)14)4-8-16-9-5-11/h3-9H2,1-2H3,(H,13,14). The van der Waals surface area contributed by atoms with E-state index in [1.165, 1.54) is 0 Å². The number of rotatable bonds is 6. The molecule has 0 saturated carbocycles. The molecule has 1 aliphatic rings. The third-order valence-electron chi connectivity index (χ3n) is 3.29. The Hall–Kier alpha value is -0.650. The minimum absolute atomic E-state index is 0.529. The van der Waals surface area contributed by atoms with E-state index < -0.39 is 11.5 Å². The summed E-state index contributed by atoms with van der Waals surface area (Å²) < 4.78 is 10.2. The summed E-state index contributed by atoms with van der Waals surface area (Å²) in [6.07, 6.45) is 1.97. The molecule has 0 unspecified atom stereocenters. The second kappa shape index (κ2) is 6.18. The number of methoxy groups -OCH3 is 1. The molecule has 0 aromatic carbocycles. The zero-order valence-corrected chi connectivity index (χ0v) is 10.1. The molecule has 0 aromatic rings. The fraction of sp³-hybridized carbons (Fsp3) is 0.909. The summed E-state index contributed by atoms with van der Waals surface area (Å²) in [6.45, 7) is 2.46. The first-order chi connectivity index (χ1) is 7.63. The van der Waals surface area contributed by atoms with Gasteiger partial charge in [-0.3, -0.25) is 9.69 Å². The average molecular weight is 231 g/mol. The number of likely N-dealkylation sites (N-methyl/N-ethyl adjacent to an activating group) is 1. The highest BCUT2D eigenvalue weighted by molar-refractivity contribution is 5.78. The van der Waals surface area contributed by atoms with Gasteiger partial charge in [0.25, 0.3) is 0 Å². The maximum Gasteiger partial charge on any atom is 0.324 e. The second-order valence-electron chi connectivity index (χ2n) is 4.22. The SMILES string of the molecule is COCCCN(C)C1(C(=O)O)CCOCC1. The molecule has 0 radical (unpaired) electrons. The Morgan fingerprint density at radius 3 is 2.62 bits per heavy atom. The van der Waals surface area contributed by atoms with Gasteiger partial charge in [-0.05, 0) is 26.3 Å². The van der Waals surface area contributed by atoms with Crippen molar-refractivity contribution in [3.63, 3.8) is 0 Å². The van der Waals surface area contributed by atoms with Crippen LogP contribution in [0.1, 0.15) is 19.3 Å². The molecule has 1 fully saturated rings. The maximum absolute atomic E-state index is 11.4.